The van der Waals surface area contributed by atoms with Crippen LogP contribution in [0.15, 0.2) is 29.3 Å². The molecule has 0 bridgehead atoms. The Morgan fingerprint density at radius 1 is 1.50 bits per heavy atom. The van der Waals surface area contributed by atoms with Crippen LogP contribution in [0.25, 0.3) is 0 Å². The van der Waals surface area contributed by atoms with E-state index in [1.165, 1.54) is 0 Å². The second-order valence-corrected chi connectivity index (χ2v) is 5.81. The molecule has 1 aromatic carbocycles. The Morgan fingerprint density at radius 3 is 2.80 bits per heavy atom. The molecule has 20 heavy (non-hydrogen) atoms. The van der Waals surface area contributed by atoms with Gasteiger partial charge < -0.3 is 15.7 Å². The van der Waals surface area contributed by atoms with Crippen molar-refractivity contribution >= 4 is 27.5 Å². The highest BCUT2D eigenvalue weighted by Crippen LogP contribution is 2.27. The summed E-state index contributed by atoms with van der Waals surface area (Å²) in [5, 5.41) is 16.0. The normalized spacial score (nSPS) is 11.9. The van der Waals surface area contributed by atoms with Gasteiger partial charge in [0.25, 0.3) is 0 Å². The number of anilines is 1. The van der Waals surface area contributed by atoms with E-state index >= 15 is 0 Å². The number of carbonyl (C=O) groups is 1. The highest BCUT2D eigenvalue weighted by atomic mass is 79.9. The smallest absolute Gasteiger partial charge is 0.224 e. The molecule has 0 heterocycles. The first-order chi connectivity index (χ1) is 9.43. The third-order valence-corrected chi connectivity index (χ3v) is 3.14. The molecule has 110 valence electrons. The van der Waals surface area contributed by atoms with Crippen molar-refractivity contribution in [3.8, 4) is 5.75 Å². The van der Waals surface area contributed by atoms with Crippen LogP contribution in [0.5, 0.6) is 5.75 Å². The average Bonchev–Trinajstić information content (AvgIpc) is 2.38. The van der Waals surface area contributed by atoms with Gasteiger partial charge in [-0.15, -0.1) is 0 Å². The highest BCUT2D eigenvalue weighted by molar-refractivity contribution is 9.11. The molecule has 4 nitrogen and oxygen atoms in total. The van der Waals surface area contributed by atoms with E-state index in [2.05, 4.69) is 33.1 Å². The number of amides is 1. The molecule has 0 saturated carbocycles. The van der Waals surface area contributed by atoms with Crippen LogP contribution in [0.4, 0.5) is 5.69 Å². The molecular weight excluding hydrogens is 320 g/mol. The minimum atomic E-state index is -0.0488. The predicted octanol–water partition coefficient (Wildman–Crippen LogP) is 3.69. The lowest BCUT2D eigenvalue weighted by Gasteiger charge is -2.16. The Morgan fingerprint density at radius 2 is 2.20 bits per heavy atom. The predicted molar refractivity (Wildman–Crippen MR) is 86.1 cm³/mol. The molecule has 0 radical (unpaired) electrons. The zero-order chi connectivity index (χ0) is 15.1. The minimum Gasteiger partial charge on any atom is -0.508 e. The quantitative estimate of drug-likeness (QED) is 0.663. The van der Waals surface area contributed by atoms with Gasteiger partial charge in [-0.1, -0.05) is 29.4 Å². The number of carbonyl (C=O) groups excluding carboxylic acids is 1. The van der Waals surface area contributed by atoms with Crippen LogP contribution in [0.3, 0.4) is 0 Å². The lowest BCUT2D eigenvalue weighted by Crippen LogP contribution is -2.20. The van der Waals surface area contributed by atoms with Gasteiger partial charge in [-0.25, -0.2) is 0 Å². The maximum absolute atomic E-state index is 11.6. The summed E-state index contributed by atoms with van der Waals surface area (Å²) < 4.78 is 0.844. The molecule has 3 N–H and O–H groups in total. The van der Waals surface area contributed by atoms with E-state index in [-0.39, 0.29) is 17.7 Å². The van der Waals surface area contributed by atoms with Gasteiger partial charge in [-0.3, -0.25) is 4.79 Å². The largest absolute Gasteiger partial charge is 0.508 e. The number of halogens is 1. The van der Waals surface area contributed by atoms with Crippen LogP contribution < -0.4 is 10.6 Å². The van der Waals surface area contributed by atoms with E-state index in [0.717, 1.165) is 16.5 Å². The molecule has 1 atom stereocenters. The summed E-state index contributed by atoms with van der Waals surface area (Å²) in [6.45, 7) is 8.27. The molecule has 0 saturated heterocycles. The monoisotopic (exact) mass is 340 g/mol. The second-order valence-electron chi connectivity index (χ2n) is 4.69. The van der Waals surface area contributed by atoms with Crippen molar-refractivity contribution in [3.05, 3.63) is 34.8 Å². The Balaban J connectivity index is 2.80. The summed E-state index contributed by atoms with van der Waals surface area (Å²) in [7, 11) is 0. The Bertz CT molecular complexity index is 489. The van der Waals surface area contributed by atoms with E-state index < -0.39 is 0 Å². The van der Waals surface area contributed by atoms with Crippen molar-refractivity contribution in [2.24, 2.45) is 0 Å². The van der Waals surface area contributed by atoms with Gasteiger partial charge in [0.05, 0.1) is 0 Å². The average molecular weight is 341 g/mol. The van der Waals surface area contributed by atoms with Gasteiger partial charge in [-0.05, 0) is 31.5 Å². The van der Waals surface area contributed by atoms with Crippen molar-refractivity contribution < 1.29 is 9.90 Å². The number of hydrogen-bond donors (Lipinski definition) is 3. The number of nitrogens with one attached hydrogen (secondary N) is 2. The molecule has 0 spiro atoms. The van der Waals surface area contributed by atoms with Crippen LogP contribution in [0, 0.1) is 0 Å². The first-order valence-electron chi connectivity index (χ1n) is 6.63. The molecule has 0 aromatic heterocycles. The number of phenols is 1. The second kappa shape index (κ2) is 8.07. The topological polar surface area (TPSA) is 61.4 Å². The van der Waals surface area contributed by atoms with Crippen molar-refractivity contribution in [1.29, 1.82) is 0 Å². The third-order valence-electron chi connectivity index (χ3n) is 2.85. The molecular formula is C15H21BrN2O2. The van der Waals surface area contributed by atoms with Gasteiger partial charge in [0, 0.05) is 34.7 Å². The standard InChI is InChI=1S/C15H21BrN2O2/c1-4-5-15(20)18-12-6-7-14(19)13(8-12)11(3)17-9-10(2)16/h6-8,11,17,19H,2,4-5,9H2,1,3H3,(H,18,20). The van der Waals surface area contributed by atoms with Crippen LogP contribution in [-0.2, 0) is 4.79 Å². The summed E-state index contributed by atoms with van der Waals surface area (Å²) in [5.74, 6) is 0.192. The number of hydrogen-bond acceptors (Lipinski definition) is 3. The van der Waals surface area contributed by atoms with Gasteiger partial charge in [0.15, 0.2) is 0 Å². The van der Waals surface area contributed by atoms with Gasteiger partial charge in [-0.2, -0.15) is 0 Å². The lowest BCUT2D eigenvalue weighted by molar-refractivity contribution is -0.116. The zero-order valence-corrected chi connectivity index (χ0v) is 13.5. The number of phenolic OH excluding ortho intramolecular Hbond substituents is 1. The summed E-state index contributed by atoms with van der Waals surface area (Å²) in [6, 6.07) is 5.03. The van der Waals surface area contributed by atoms with Crippen molar-refractivity contribution in [2.75, 3.05) is 11.9 Å². The van der Waals surface area contributed by atoms with Crippen LogP contribution >= 0.6 is 15.9 Å². The fourth-order valence-corrected chi connectivity index (χ4v) is 1.97. The number of benzene rings is 1. The number of aromatic hydroxyl groups is 1. The first-order valence-corrected chi connectivity index (χ1v) is 7.42. The molecule has 1 unspecified atom stereocenters. The van der Waals surface area contributed by atoms with Gasteiger partial charge >= 0.3 is 0 Å². The van der Waals surface area contributed by atoms with Gasteiger partial charge in [0.1, 0.15) is 5.75 Å². The van der Waals surface area contributed by atoms with E-state index in [4.69, 9.17) is 0 Å². The van der Waals surface area contributed by atoms with E-state index in [9.17, 15) is 9.90 Å². The fraction of sp³-hybridized carbons (Fsp3) is 0.400. The van der Waals surface area contributed by atoms with E-state index in [1.807, 2.05) is 13.8 Å². The molecule has 0 aliphatic carbocycles. The number of rotatable bonds is 7. The lowest BCUT2D eigenvalue weighted by atomic mass is 10.1. The van der Waals surface area contributed by atoms with E-state index in [1.54, 1.807) is 18.2 Å². The van der Waals surface area contributed by atoms with E-state index in [0.29, 0.717) is 18.7 Å². The van der Waals surface area contributed by atoms with Crippen molar-refractivity contribution in [1.82, 2.24) is 5.32 Å². The molecule has 1 aromatic rings. The summed E-state index contributed by atoms with van der Waals surface area (Å²) in [4.78, 5) is 11.6. The fourth-order valence-electron chi connectivity index (χ4n) is 1.80. The minimum absolute atomic E-state index is 0.0152. The Kier molecular flexibility index (Phi) is 6.75. The maximum atomic E-state index is 11.6. The first kappa shape index (κ1) is 16.7. The van der Waals surface area contributed by atoms with Crippen molar-refractivity contribution in [2.45, 2.75) is 32.7 Å². The molecule has 1 rings (SSSR count). The van der Waals surface area contributed by atoms with Gasteiger partial charge in [0.2, 0.25) is 5.91 Å². The maximum Gasteiger partial charge on any atom is 0.224 e. The molecule has 5 heteroatoms. The molecule has 1 amide bonds. The summed E-state index contributed by atoms with van der Waals surface area (Å²) in [5.41, 5.74) is 1.44. The summed E-state index contributed by atoms with van der Waals surface area (Å²) >= 11 is 3.28. The molecule has 0 fully saturated rings. The van der Waals surface area contributed by atoms with Crippen LogP contribution in [0.1, 0.15) is 38.3 Å². The zero-order valence-electron chi connectivity index (χ0n) is 11.9. The third kappa shape index (κ3) is 5.35. The Labute approximate surface area is 128 Å². The van der Waals surface area contributed by atoms with Crippen LogP contribution in [-0.4, -0.2) is 17.6 Å². The Hall–Kier alpha value is -1.33. The summed E-state index contributed by atoms with van der Waals surface area (Å²) in [6.07, 6.45) is 1.30. The van der Waals surface area contributed by atoms with Crippen LogP contribution in [0.2, 0.25) is 0 Å². The molecule has 0 aliphatic rings. The highest BCUT2D eigenvalue weighted by Gasteiger charge is 2.12. The SMILES string of the molecule is C=C(Br)CNC(C)c1cc(NC(=O)CCC)ccc1O. The molecule has 0 aliphatic heterocycles. The van der Waals surface area contributed by atoms with Crippen molar-refractivity contribution in [3.63, 3.8) is 0 Å².